The van der Waals surface area contributed by atoms with E-state index >= 15 is 0 Å². The zero-order valence-corrected chi connectivity index (χ0v) is 22.1. The quantitative estimate of drug-likeness (QED) is 0.632. The highest BCUT2D eigenvalue weighted by atomic mass is 19.1. The zero-order valence-electron chi connectivity index (χ0n) is 22.1. The molecule has 0 aliphatic carbocycles. The highest BCUT2D eigenvalue weighted by Crippen LogP contribution is 2.43. The molecule has 200 valence electrons. The van der Waals surface area contributed by atoms with Gasteiger partial charge >= 0.3 is 6.09 Å². The van der Waals surface area contributed by atoms with E-state index in [1.807, 2.05) is 44.2 Å². The van der Waals surface area contributed by atoms with Crippen molar-refractivity contribution in [3.63, 3.8) is 0 Å². The fraction of sp³-hybridized carbons (Fsp3) is 0.517. The summed E-state index contributed by atoms with van der Waals surface area (Å²) in [5, 5.41) is 11.7. The van der Waals surface area contributed by atoms with E-state index in [4.69, 9.17) is 4.74 Å². The molecule has 0 spiro atoms. The number of hydrogen-bond donors (Lipinski definition) is 1. The van der Waals surface area contributed by atoms with Gasteiger partial charge in [-0.3, -0.25) is 4.79 Å². The first kappa shape index (κ1) is 27.0. The Morgan fingerprint density at radius 3 is 2.14 bits per heavy atom. The second-order valence-electron chi connectivity index (χ2n) is 11.5. The highest BCUT2D eigenvalue weighted by Gasteiger charge is 2.50. The number of likely N-dealkylation sites (tertiary alicyclic amines) is 2. The molecule has 2 aliphatic rings. The SMILES string of the molecule is C[C@@H]1CN(C(=O)[C@@H]2CN(C(=O)OC(C)(C)C)C[C@H]2c2ccc(F)cc2F)C[C@H](C)[C@@]1(O)c1ccccc1. The fourth-order valence-corrected chi connectivity index (χ4v) is 5.84. The molecule has 2 saturated heterocycles. The fourth-order valence-electron chi connectivity index (χ4n) is 5.84. The number of halogens is 2. The molecule has 6 nitrogen and oxygen atoms in total. The molecule has 1 N–H and O–H groups in total. The van der Waals surface area contributed by atoms with E-state index in [9.17, 15) is 23.5 Å². The Labute approximate surface area is 217 Å². The summed E-state index contributed by atoms with van der Waals surface area (Å²) in [4.78, 5) is 29.9. The van der Waals surface area contributed by atoms with Crippen molar-refractivity contribution in [3.8, 4) is 0 Å². The Balaban J connectivity index is 1.60. The van der Waals surface area contributed by atoms with Crippen molar-refractivity contribution in [1.29, 1.82) is 0 Å². The maximum absolute atomic E-state index is 14.9. The Kier molecular flexibility index (Phi) is 7.34. The third-order valence-electron chi connectivity index (χ3n) is 7.69. The molecule has 2 aromatic rings. The van der Waals surface area contributed by atoms with Gasteiger partial charge < -0.3 is 19.6 Å². The van der Waals surface area contributed by atoms with Gasteiger partial charge in [0.2, 0.25) is 5.91 Å². The molecule has 0 bridgehead atoms. The van der Waals surface area contributed by atoms with Gasteiger partial charge in [-0.2, -0.15) is 0 Å². The Bertz CT molecular complexity index is 1140. The number of ether oxygens (including phenoxy) is 1. The van der Waals surface area contributed by atoms with Crippen molar-refractivity contribution in [2.24, 2.45) is 17.8 Å². The van der Waals surface area contributed by atoms with Gasteiger partial charge in [0.05, 0.1) is 11.5 Å². The van der Waals surface area contributed by atoms with Crippen LogP contribution in [0.2, 0.25) is 0 Å². The molecule has 4 rings (SSSR count). The molecule has 8 heteroatoms. The summed E-state index contributed by atoms with van der Waals surface area (Å²) in [6, 6.07) is 12.8. The van der Waals surface area contributed by atoms with Crippen molar-refractivity contribution in [2.45, 2.75) is 51.7 Å². The van der Waals surface area contributed by atoms with Crippen LogP contribution in [0.3, 0.4) is 0 Å². The second kappa shape index (κ2) is 10.0. The average molecular weight is 515 g/mol. The number of hydrogen-bond acceptors (Lipinski definition) is 4. The van der Waals surface area contributed by atoms with E-state index in [1.54, 1.807) is 25.7 Å². The number of nitrogens with zero attached hydrogens (tertiary/aromatic N) is 2. The number of amides is 2. The normalized spacial score (nSPS) is 28.3. The molecular formula is C29H36F2N2O4. The Morgan fingerprint density at radius 1 is 0.946 bits per heavy atom. The number of piperidine rings is 1. The van der Waals surface area contributed by atoms with E-state index in [2.05, 4.69) is 0 Å². The van der Waals surface area contributed by atoms with Crippen molar-refractivity contribution in [3.05, 3.63) is 71.3 Å². The van der Waals surface area contributed by atoms with E-state index in [1.165, 1.54) is 17.0 Å². The molecule has 37 heavy (non-hydrogen) atoms. The molecule has 0 saturated carbocycles. The van der Waals surface area contributed by atoms with Gasteiger partial charge in [0.15, 0.2) is 0 Å². The second-order valence-corrected chi connectivity index (χ2v) is 11.5. The van der Waals surface area contributed by atoms with E-state index in [0.717, 1.165) is 11.6 Å². The summed E-state index contributed by atoms with van der Waals surface area (Å²) >= 11 is 0. The predicted octanol–water partition coefficient (Wildman–Crippen LogP) is 4.92. The van der Waals surface area contributed by atoms with Crippen molar-refractivity contribution >= 4 is 12.0 Å². The lowest BCUT2D eigenvalue weighted by Crippen LogP contribution is -2.57. The largest absolute Gasteiger partial charge is 0.444 e. The first-order chi connectivity index (χ1) is 17.3. The van der Waals surface area contributed by atoms with Crippen LogP contribution in [-0.2, 0) is 15.1 Å². The molecule has 2 fully saturated rings. The third kappa shape index (κ3) is 5.35. The average Bonchev–Trinajstić information content (AvgIpc) is 3.26. The zero-order chi connectivity index (χ0) is 27.1. The number of carbonyl (C=O) groups is 2. The minimum Gasteiger partial charge on any atom is -0.444 e. The van der Waals surface area contributed by atoms with E-state index < -0.39 is 40.8 Å². The number of benzene rings is 2. The van der Waals surface area contributed by atoms with Crippen LogP contribution in [0, 0.1) is 29.4 Å². The maximum atomic E-state index is 14.9. The molecule has 2 aromatic carbocycles. The van der Waals surface area contributed by atoms with E-state index in [-0.39, 0.29) is 36.4 Å². The van der Waals surface area contributed by atoms with Crippen LogP contribution in [0.25, 0.3) is 0 Å². The maximum Gasteiger partial charge on any atom is 0.410 e. The monoisotopic (exact) mass is 514 g/mol. The summed E-state index contributed by atoms with van der Waals surface area (Å²) in [6.07, 6.45) is -0.575. The smallest absolute Gasteiger partial charge is 0.410 e. The lowest BCUT2D eigenvalue weighted by atomic mass is 9.70. The van der Waals surface area contributed by atoms with Crippen LogP contribution in [0.15, 0.2) is 48.5 Å². The van der Waals surface area contributed by atoms with Crippen LogP contribution in [0.5, 0.6) is 0 Å². The Hall–Kier alpha value is -3.00. The summed E-state index contributed by atoms with van der Waals surface area (Å²) in [7, 11) is 0. The molecule has 2 heterocycles. The van der Waals surface area contributed by atoms with Crippen LogP contribution in [0.1, 0.15) is 51.7 Å². The van der Waals surface area contributed by atoms with Crippen molar-refractivity contribution in [2.75, 3.05) is 26.2 Å². The van der Waals surface area contributed by atoms with Crippen LogP contribution in [0.4, 0.5) is 13.6 Å². The highest BCUT2D eigenvalue weighted by molar-refractivity contribution is 5.82. The molecule has 2 aliphatic heterocycles. The molecule has 5 atom stereocenters. The first-order valence-corrected chi connectivity index (χ1v) is 12.8. The minimum absolute atomic E-state index is 0.0669. The minimum atomic E-state index is -1.10. The summed E-state index contributed by atoms with van der Waals surface area (Å²) in [5.41, 5.74) is -0.816. The number of rotatable bonds is 3. The summed E-state index contributed by atoms with van der Waals surface area (Å²) in [6.45, 7) is 9.88. The third-order valence-corrected chi connectivity index (χ3v) is 7.69. The van der Waals surface area contributed by atoms with Gasteiger partial charge in [0.1, 0.15) is 17.2 Å². The topological polar surface area (TPSA) is 70.1 Å². The van der Waals surface area contributed by atoms with Gasteiger partial charge in [-0.15, -0.1) is 0 Å². The molecule has 0 aromatic heterocycles. The molecule has 0 unspecified atom stereocenters. The van der Waals surface area contributed by atoms with E-state index in [0.29, 0.717) is 13.1 Å². The predicted molar refractivity (Wildman–Crippen MR) is 136 cm³/mol. The van der Waals surface area contributed by atoms with Crippen LogP contribution < -0.4 is 0 Å². The molecule has 2 amide bonds. The van der Waals surface area contributed by atoms with Crippen LogP contribution in [-0.4, -0.2) is 58.7 Å². The molecular weight excluding hydrogens is 478 g/mol. The van der Waals surface area contributed by atoms with Gasteiger partial charge in [0, 0.05) is 50.0 Å². The van der Waals surface area contributed by atoms with Gasteiger partial charge in [-0.25, -0.2) is 13.6 Å². The number of aliphatic hydroxyl groups is 1. The lowest BCUT2D eigenvalue weighted by molar-refractivity contribution is -0.152. The van der Waals surface area contributed by atoms with Gasteiger partial charge in [-0.1, -0.05) is 50.2 Å². The summed E-state index contributed by atoms with van der Waals surface area (Å²) in [5.74, 6) is -3.55. The van der Waals surface area contributed by atoms with Crippen molar-refractivity contribution in [1.82, 2.24) is 9.80 Å². The summed E-state index contributed by atoms with van der Waals surface area (Å²) < 4.78 is 34.0. The standard InChI is InChI=1S/C29H36F2N2O4/c1-18-14-32(15-19(2)29(18,36)20-9-7-6-8-10-20)26(34)24-17-33(27(35)37-28(3,4)5)16-23(24)22-12-11-21(30)13-25(22)31/h6-13,18-19,23-24,36H,14-17H2,1-5H3/t18-,19+,23-,24+,29-/m0/s1. The van der Waals surface area contributed by atoms with Gasteiger partial charge in [-0.05, 0) is 38.0 Å². The van der Waals surface area contributed by atoms with Crippen molar-refractivity contribution < 1.29 is 28.2 Å². The van der Waals surface area contributed by atoms with Crippen LogP contribution >= 0.6 is 0 Å². The number of carbonyl (C=O) groups excluding carboxylic acids is 2. The Morgan fingerprint density at radius 2 is 1.57 bits per heavy atom. The first-order valence-electron chi connectivity index (χ1n) is 12.8. The lowest BCUT2D eigenvalue weighted by Gasteiger charge is -2.48. The van der Waals surface area contributed by atoms with Gasteiger partial charge in [0.25, 0.3) is 0 Å². The molecule has 0 radical (unpaired) electrons.